The van der Waals surface area contributed by atoms with Crippen LogP contribution >= 0.6 is 11.6 Å². The number of hydrogen-bond acceptors (Lipinski definition) is 4. The molecule has 0 atom stereocenters. The number of allylic oxidation sites excluding steroid dienone is 1. The molecular weight excluding hydrogens is 472 g/mol. The van der Waals surface area contributed by atoms with Crippen LogP contribution in [0.25, 0.3) is 5.57 Å². The van der Waals surface area contributed by atoms with Crippen molar-refractivity contribution >= 4 is 38.9 Å². The van der Waals surface area contributed by atoms with Crippen molar-refractivity contribution in [2.24, 2.45) is 5.14 Å². The number of carbonyl (C=O) groups is 2. The minimum absolute atomic E-state index is 0.0921. The maximum Gasteiger partial charge on any atom is 0.258 e. The van der Waals surface area contributed by atoms with Crippen molar-refractivity contribution in [1.29, 1.82) is 0 Å². The van der Waals surface area contributed by atoms with Crippen molar-refractivity contribution in [1.82, 2.24) is 4.90 Å². The first-order chi connectivity index (χ1) is 16.2. The normalized spacial score (nSPS) is 13.6. The summed E-state index contributed by atoms with van der Waals surface area (Å²) in [7, 11) is -3.89. The predicted octanol–water partition coefficient (Wildman–Crippen LogP) is 4.77. The summed E-state index contributed by atoms with van der Waals surface area (Å²) in [5.74, 6) is -0.559. The average molecular weight is 495 g/mol. The maximum absolute atomic E-state index is 13.7. The molecule has 174 valence electrons. The third-order valence-electron chi connectivity index (χ3n) is 5.66. The highest BCUT2D eigenvalue weighted by atomic mass is 35.5. The lowest BCUT2D eigenvalue weighted by atomic mass is 9.86. The van der Waals surface area contributed by atoms with Crippen LogP contribution < -0.4 is 5.14 Å². The van der Waals surface area contributed by atoms with Crippen molar-refractivity contribution in [3.63, 3.8) is 0 Å². The highest BCUT2D eigenvalue weighted by molar-refractivity contribution is 7.89. The number of primary sulfonamides is 1. The topological polar surface area (TPSA) is 97.5 Å². The first-order valence-corrected chi connectivity index (χ1v) is 12.7. The molecule has 6 nitrogen and oxygen atoms in total. The van der Waals surface area contributed by atoms with Crippen LogP contribution in [0.3, 0.4) is 0 Å². The molecule has 0 saturated carbocycles. The van der Waals surface area contributed by atoms with E-state index in [1.165, 1.54) is 29.2 Å². The minimum Gasteiger partial charge on any atom is -0.300 e. The summed E-state index contributed by atoms with van der Waals surface area (Å²) in [5.41, 5.74) is 3.67. The van der Waals surface area contributed by atoms with Crippen molar-refractivity contribution in [2.75, 3.05) is 0 Å². The average Bonchev–Trinajstić information content (AvgIpc) is 2.82. The molecule has 0 bridgehead atoms. The number of Topliss-reactive ketones (excluding diaryl/α,β-unsaturated/α-hetero) is 1. The number of sulfonamides is 1. The number of rotatable bonds is 6. The number of ketones is 1. The largest absolute Gasteiger partial charge is 0.300 e. The molecule has 0 spiro atoms. The van der Waals surface area contributed by atoms with Gasteiger partial charge in [0.25, 0.3) is 5.91 Å². The van der Waals surface area contributed by atoms with Crippen LogP contribution in [0.4, 0.5) is 0 Å². The fraction of sp³-hybridized carbons (Fsp3) is 0.154. The molecule has 1 heterocycles. The molecule has 3 aromatic rings. The Morgan fingerprint density at radius 2 is 1.68 bits per heavy atom. The monoisotopic (exact) mass is 494 g/mol. The highest BCUT2D eigenvalue weighted by Gasteiger charge is 2.34. The van der Waals surface area contributed by atoms with Gasteiger partial charge in [-0.1, -0.05) is 54.9 Å². The summed E-state index contributed by atoms with van der Waals surface area (Å²) in [5, 5.41) is 5.72. The summed E-state index contributed by atoms with van der Waals surface area (Å²) in [6, 6.07) is 20.2. The molecule has 0 aromatic heterocycles. The Bertz CT molecular complexity index is 1400. The summed E-state index contributed by atoms with van der Waals surface area (Å²) in [4.78, 5) is 28.5. The van der Waals surface area contributed by atoms with E-state index >= 15 is 0 Å². The molecule has 4 rings (SSSR count). The second-order valence-corrected chi connectivity index (χ2v) is 10.0. The standard InChI is InChI=1S/C26H23ClN2O4S/c1-2-6-23(30)25-24(17-7-4-3-5-8-17)22-15-20(27)12-9-19(22)16-29(25)26(31)18-10-13-21(14-11-18)34(28,32)33/h3-5,7-15H,2,6,16H2,1H3,(H2,28,32,33). The zero-order valence-electron chi connectivity index (χ0n) is 18.5. The molecule has 1 amide bonds. The summed E-state index contributed by atoms with van der Waals surface area (Å²) in [6.45, 7) is 2.09. The van der Waals surface area contributed by atoms with E-state index in [1.54, 1.807) is 6.07 Å². The Labute approximate surface area is 203 Å². The molecule has 0 radical (unpaired) electrons. The van der Waals surface area contributed by atoms with Gasteiger partial charge in [-0.2, -0.15) is 0 Å². The molecule has 0 aliphatic carbocycles. The Morgan fingerprint density at radius 3 is 2.29 bits per heavy atom. The second-order valence-electron chi connectivity index (χ2n) is 8.02. The van der Waals surface area contributed by atoms with Gasteiger partial charge in [-0.3, -0.25) is 14.5 Å². The summed E-state index contributed by atoms with van der Waals surface area (Å²) < 4.78 is 23.2. The van der Waals surface area contributed by atoms with Gasteiger partial charge in [0, 0.05) is 22.6 Å². The first-order valence-electron chi connectivity index (χ1n) is 10.8. The maximum atomic E-state index is 13.7. The first kappa shape index (κ1) is 23.9. The third-order valence-corrected chi connectivity index (χ3v) is 6.82. The van der Waals surface area contributed by atoms with E-state index in [0.717, 1.165) is 16.7 Å². The zero-order valence-corrected chi connectivity index (χ0v) is 20.1. The van der Waals surface area contributed by atoms with Crippen molar-refractivity contribution in [3.05, 3.63) is 106 Å². The third kappa shape index (κ3) is 4.68. The predicted molar refractivity (Wildman–Crippen MR) is 132 cm³/mol. The Morgan fingerprint density at radius 1 is 1.00 bits per heavy atom. The fourth-order valence-corrected chi connectivity index (χ4v) is 4.77. The lowest BCUT2D eigenvalue weighted by Crippen LogP contribution is -2.37. The van der Waals surface area contributed by atoms with E-state index in [0.29, 0.717) is 22.7 Å². The molecule has 0 unspecified atom stereocenters. The van der Waals surface area contributed by atoms with Crippen molar-refractivity contribution < 1.29 is 18.0 Å². The van der Waals surface area contributed by atoms with Gasteiger partial charge < -0.3 is 0 Å². The highest BCUT2D eigenvalue weighted by Crippen LogP contribution is 2.39. The van der Waals surface area contributed by atoms with Gasteiger partial charge in [0.05, 0.1) is 17.1 Å². The van der Waals surface area contributed by atoms with Gasteiger partial charge in [0.2, 0.25) is 10.0 Å². The van der Waals surface area contributed by atoms with Crippen molar-refractivity contribution in [2.45, 2.75) is 31.2 Å². The molecule has 3 aromatic carbocycles. The number of nitrogens with two attached hydrogens (primary N) is 1. The van der Waals surface area contributed by atoms with Gasteiger partial charge in [0.1, 0.15) is 0 Å². The molecule has 8 heteroatoms. The van der Waals surface area contributed by atoms with Crippen LogP contribution in [0, 0.1) is 0 Å². The van der Waals surface area contributed by atoms with E-state index in [-0.39, 0.29) is 29.2 Å². The van der Waals surface area contributed by atoms with E-state index in [4.69, 9.17) is 16.7 Å². The molecule has 1 aliphatic heterocycles. The number of hydrogen-bond donors (Lipinski definition) is 1. The zero-order chi connectivity index (χ0) is 24.5. The Balaban J connectivity index is 1.92. The van der Waals surface area contributed by atoms with Gasteiger partial charge in [0.15, 0.2) is 5.78 Å². The van der Waals surface area contributed by atoms with Crippen LogP contribution in [0.5, 0.6) is 0 Å². The molecule has 0 saturated heterocycles. The molecular formula is C26H23ClN2O4S. The smallest absolute Gasteiger partial charge is 0.258 e. The Kier molecular flexibility index (Phi) is 6.70. The molecule has 1 aliphatic rings. The Hall–Kier alpha value is -3.26. The van der Waals surface area contributed by atoms with Crippen LogP contribution in [-0.2, 0) is 21.4 Å². The quantitative estimate of drug-likeness (QED) is 0.533. The second kappa shape index (κ2) is 9.54. The van der Waals surface area contributed by atoms with Gasteiger partial charge in [-0.25, -0.2) is 13.6 Å². The van der Waals surface area contributed by atoms with Gasteiger partial charge >= 0.3 is 0 Å². The van der Waals surface area contributed by atoms with Gasteiger partial charge in [-0.05, 0) is 59.5 Å². The summed E-state index contributed by atoms with van der Waals surface area (Å²) >= 11 is 6.32. The molecule has 2 N–H and O–H groups in total. The van der Waals surface area contributed by atoms with Crippen LogP contribution in [0.15, 0.2) is 83.4 Å². The summed E-state index contributed by atoms with van der Waals surface area (Å²) in [6.07, 6.45) is 0.896. The SMILES string of the molecule is CCCC(=O)C1=C(c2ccccc2)c2cc(Cl)ccc2CN1C(=O)c1ccc(S(N)(=O)=O)cc1. The molecule has 34 heavy (non-hydrogen) atoms. The number of carbonyl (C=O) groups excluding carboxylic acids is 2. The van der Waals surface area contributed by atoms with Crippen LogP contribution in [-0.4, -0.2) is 25.0 Å². The minimum atomic E-state index is -3.89. The van der Waals surface area contributed by atoms with Gasteiger partial charge in [-0.15, -0.1) is 0 Å². The van der Waals surface area contributed by atoms with Crippen LogP contribution in [0.2, 0.25) is 5.02 Å². The lowest BCUT2D eigenvalue weighted by Gasteiger charge is -2.33. The number of benzene rings is 3. The van der Waals surface area contributed by atoms with E-state index < -0.39 is 15.9 Å². The number of nitrogens with zero attached hydrogens (tertiary/aromatic N) is 1. The molecule has 0 fully saturated rings. The number of fused-ring (bicyclic) bond motifs is 1. The van der Waals surface area contributed by atoms with E-state index in [2.05, 4.69) is 0 Å². The van der Waals surface area contributed by atoms with E-state index in [1.807, 2.05) is 49.4 Å². The number of amides is 1. The lowest BCUT2D eigenvalue weighted by molar-refractivity contribution is -0.116. The van der Waals surface area contributed by atoms with Crippen LogP contribution in [0.1, 0.15) is 46.8 Å². The number of halogens is 1. The van der Waals surface area contributed by atoms with E-state index in [9.17, 15) is 18.0 Å². The van der Waals surface area contributed by atoms with Crippen molar-refractivity contribution in [3.8, 4) is 0 Å². The fourth-order valence-electron chi connectivity index (χ4n) is 4.08.